The van der Waals surface area contributed by atoms with Crippen LogP contribution in [0.15, 0.2) is 22.1 Å². The molecule has 0 aromatic carbocycles. The molecule has 2 nitrogen and oxygen atoms in total. The number of hydrogen-bond acceptors (Lipinski definition) is 4. The van der Waals surface area contributed by atoms with Crippen molar-refractivity contribution in [3.05, 3.63) is 36.9 Å². The molecule has 0 spiro atoms. The van der Waals surface area contributed by atoms with E-state index in [1.807, 2.05) is 6.20 Å². The maximum atomic E-state index is 4.49. The predicted molar refractivity (Wildman–Crippen MR) is 83.4 cm³/mol. The molecule has 0 atom stereocenters. The average molecular weight is 345 g/mol. The van der Waals surface area contributed by atoms with Gasteiger partial charge < -0.3 is 5.32 Å². The number of halogens is 1. The van der Waals surface area contributed by atoms with Gasteiger partial charge in [-0.2, -0.15) is 0 Å². The lowest BCUT2D eigenvalue weighted by atomic mass is 9.98. The van der Waals surface area contributed by atoms with E-state index in [0.29, 0.717) is 0 Å². The molecule has 0 aliphatic carbocycles. The molecule has 0 aliphatic heterocycles. The molecule has 0 aliphatic rings. The van der Waals surface area contributed by atoms with Crippen LogP contribution in [0.25, 0.3) is 0 Å². The summed E-state index contributed by atoms with van der Waals surface area (Å²) >= 11 is 7.12. The normalized spacial score (nSPS) is 12.0. The average Bonchev–Trinajstić information content (AvgIpc) is 2.88. The Labute approximate surface area is 125 Å². The summed E-state index contributed by atoms with van der Waals surface area (Å²) in [5.41, 5.74) is 0.152. The number of nitrogens with zero attached hydrogens (tertiary/aromatic N) is 1. The van der Waals surface area contributed by atoms with Crippen LogP contribution in [0.4, 0.5) is 0 Å². The molecule has 0 bridgehead atoms. The SMILES string of the molecule is CC(C)(C)c1ncc(CNCc2sccc2Br)s1. The van der Waals surface area contributed by atoms with Crippen molar-refractivity contribution in [1.29, 1.82) is 0 Å². The zero-order chi connectivity index (χ0) is 13.2. The number of rotatable bonds is 4. The molecular weight excluding hydrogens is 328 g/mol. The Morgan fingerprint density at radius 3 is 2.67 bits per heavy atom. The lowest BCUT2D eigenvalue weighted by Gasteiger charge is -2.13. The Bertz CT molecular complexity index is 511. The Balaban J connectivity index is 1.88. The molecule has 0 unspecified atom stereocenters. The minimum atomic E-state index is 0.152. The second kappa shape index (κ2) is 5.82. The van der Waals surface area contributed by atoms with Gasteiger partial charge in [-0.15, -0.1) is 22.7 Å². The number of nitrogens with one attached hydrogen (secondary N) is 1. The van der Waals surface area contributed by atoms with Gasteiger partial charge in [-0.25, -0.2) is 4.98 Å². The van der Waals surface area contributed by atoms with Crippen LogP contribution < -0.4 is 5.32 Å². The fourth-order valence-electron chi connectivity index (χ4n) is 1.49. The van der Waals surface area contributed by atoms with Crippen molar-refractivity contribution < 1.29 is 0 Å². The first kappa shape index (κ1) is 14.2. The Morgan fingerprint density at radius 2 is 2.11 bits per heavy atom. The summed E-state index contributed by atoms with van der Waals surface area (Å²) < 4.78 is 1.19. The summed E-state index contributed by atoms with van der Waals surface area (Å²) in [6, 6.07) is 2.09. The van der Waals surface area contributed by atoms with Crippen molar-refractivity contribution >= 4 is 38.6 Å². The van der Waals surface area contributed by atoms with Crippen LogP contribution in [-0.2, 0) is 18.5 Å². The van der Waals surface area contributed by atoms with Gasteiger partial charge in [0.15, 0.2) is 0 Å². The zero-order valence-corrected chi connectivity index (χ0v) is 14.0. The van der Waals surface area contributed by atoms with E-state index in [9.17, 15) is 0 Å². The van der Waals surface area contributed by atoms with Gasteiger partial charge >= 0.3 is 0 Å². The van der Waals surface area contributed by atoms with Crippen molar-refractivity contribution in [2.75, 3.05) is 0 Å². The molecule has 1 N–H and O–H groups in total. The van der Waals surface area contributed by atoms with Gasteiger partial charge in [-0.3, -0.25) is 0 Å². The molecule has 2 aromatic heterocycles. The highest BCUT2D eigenvalue weighted by molar-refractivity contribution is 9.10. The highest BCUT2D eigenvalue weighted by Gasteiger charge is 2.17. The van der Waals surface area contributed by atoms with Gasteiger partial charge in [-0.1, -0.05) is 20.8 Å². The molecule has 98 valence electrons. The van der Waals surface area contributed by atoms with E-state index in [4.69, 9.17) is 0 Å². The molecule has 0 radical (unpaired) electrons. The predicted octanol–water partition coefficient (Wildman–Crippen LogP) is 4.55. The minimum absolute atomic E-state index is 0.152. The highest BCUT2D eigenvalue weighted by atomic mass is 79.9. The Morgan fingerprint density at radius 1 is 1.33 bits per heavy atom. The fraction of sp³-hybridized carbons (Fsp3) is 0.462. The topological polar surface area (TPSA) is 24.9 Å². The summed E-state index contributed by atoms with van der Waals surface area (Å²) in [4.78, 5) is 7.13. The second-order valence-electron chi connectivity index (χ2n) is 5.18. The van der Waals surface area contributed by atoms with E-state index in [2.05, 4.69) is 58.4 Å². The van der Waals surface area contributed by atoms with Crippen molar-refractivity contribution in [3.63, 3.8) is 0 Å². The molecule has 2 rings (SSSR count). The molecule has 18 heavy (non-hydrogen) atoms. The van der Waals surface area contributed by atoms with Crippen molar-refractivity contribution in [2.45, 2.75) is 39.3 Å². The fourth-order valence-corrected chi connectivity index (χ4v) is 3.89. The summed E-state index contributed by atoms with van der Waals surface area (Å²) in [5.74, 6) is 0. The maximum absolute atomic E-state index is 4.49. The lowest BCUT2D eigenvalue weighted by Crippen LogP contribution is -2.11. The number of aromatic nitrogens is 1. The molecule has 0 saturated carbocycles. The molecule has 2 heterocycles. The van der Waals surface area contributed by atoms with E-state index < -0.39 is 0 Å². The van der Waals surface area contributed by atoms with E-state index in [1.165, 1.54) is 19.2 Å². The van der Waals surface area contributed by atoms with E-state index >= 15 is 0 Å². The van der Waals surface area contributed by atoms with Gasteiger partial charge in [0, 0.05) is 38.9 Å². The lowest BCUT2D eigenvalue weighted by molar-refractivity contribution is 0.585. The Kier molecular flexibility index (Phi) is 4.59. The van der Waals surface area contributed by atoms with Gasteiger partial charge in [0.2, 0.25) is 0 Å². The Hall–Kier alpha value is -0.230. The van der Waals surface area contributed by atoms with Gasteiger partial charge in [0.05, 0.1) is 5.01 Å². The molecular formula is C13H17BrN2S2. The zero-order valence-electron chi connectivity index (χ0n) is 10.8. The smallest absolute Gasteiger partial charge is 0.0981 e. The van der Waals surface area contributed by atoms with Gasteiger partial charge in [0.1, 0.15) is 0 Å². The van der Waals surface area contributed by atoms with Crippen LogP contribution in [0.2, 0.25) is 0 Å². The first-order valence-corrected chi connectivity index (χ1v) is 8.33. The summed E-state index contributed by atoms with van der Waals surface area (Å²) in [5, 5.41) is 6.77. The number of hydrogen-bond donors (Lipinski definition) is 1. The monoisotopic (exact) mass is 344 g/mol. The molecule has 0 saturated heterocycles. The summed E-state index contributed by atoms with van der Waals surface area (Å²) in [7, 11) is 0. The first-order chi connectivity index (χ1) is 8.47. The van der Waals surface area contributed by atoms with Crippen molar-refractivity contribution in [2.24, 2.45) is 0 Å². The second-order valence-corrected chi connectivity index (χ2v) is 8.15. The highest BCUT2D eigenvalue weighted by Crippen LogP contribution is 2.27. The van der Waals surface area contributed by atoms with Gasteiger partial charge in [-0.05, 0) is 27.4 Å². The first-order valence-electron chi connectivity index (χ1n) is 5.84. The standard InChI is InChI=1S/C13H17BrN2S2/c1-13(2,3)12-16-7-9(18-12)6-15-8-11-10(14)4-5-17-11/h4-5,7,15H,6,8H2,1-3H3. The van der Waals surface area contributed by atoms with Crippen LogP contribution in [0.3, 0.4) is 0 Å². The summed E-state index contributed by atoms with van der Waals surface area (Å²) in [6.45, 7) is 8.39. The maximum Gasteiger partial charge on any atom is 0.0981 e. The molecule has 0 fully saturated rings. The van der Waals surface area contributed by atoms with E-state index in [-0.39, 0.29) is 5.41 Å². The third kappa shape index (κ3) is 3.63. The van der Waals surface area contributed by atoms with Gasteiger partial charge in [0.25, 0.3) is 0 Å². The summed E-state index contributed by atoms with van der Waals surface area (Å²) in [6.07, 6.45) is 1.99. The third-order valence-electron chi connectivity index (χ3n) is 2.47. The van der Waals surface area contributed by atoms with Crippen molar-refractivity contribution in [3.8, 4) is 0 Å². The van der Waals surface area contributed by atoms with Crippen LogP contribution in [0.5, 0.6) is 0 Å². The molecule has 5 heteroatoms. The van der Waals surface area contributed by atoms with Crippen LogP contribution in [-0.4, -0.2) is 4.98 Å². The van der Waals surface area contributed by atoms with Crippen LogP contribution in [0, 0.1) is 0 Å². The van der Waals surface area contributed by atoms with Crippen LogP contribution >= 0.6 is 38.6 Å². The van der Waals surface area contributed by atoms with E-state index in [1.54, 1.807) is 22.7 Å². The third-order valence-corrected chi connectivity index (χ3v) is 5.82. The quantitative estimate of drug-likeness (QED) is 0.879. The number of thiazole rings is 1. The molecule has 2 aromatic rings. The largest absolute Gasteiger partial charge is 0.307 e. The van der Waals surface area contributed by atoms with Crippen LogP contribution in [0.1, 0.15) is 35.5 Å². The van der Waals surface area contributed by atoms with Crippen molar-refractivity contribution in [1.82, 2.24) is 10.3 Å². The minimum Gasteiger partial charge on any atom is -0.307 e. The number of thiophene rings is 1. The van der Waals surface area contributed by atoms with E-state index in [0.717, 1.165) is 13.1 Å². The molecule has 0 amide bonds.